The van der Waals surface area contributed by atoms with E-state index in [2.05, 4.69) is 36.4 Å². The Kier molecular flexibility index (Phi) is 2.44. The predicted octanol–water partition coefficient (Wildman–Crippen LogP) is 3.13. The molecule has 0 aliphatic carbocycles. The molecule has 1 aliphatic heterocycles. The molecule has 1 unspecified atom stereocenters. The molecule has 0 N–H and O–H groups in total. The fourth-order valence-electron chi connectivity index (χ4n) is 1.83. The Morgan fingerprint density at radius 3 is 2.19 bits per heavy atom. The number of nitrogens with zero attached hydrogens (tertiary/aromatic N) is 1. The van der Waals surface area contributed by atoms with E-state index in [0.717, 1.165) is 6.54 Å². The fraction of sp³-hybridized carbons (Fsp3) is 0.143. The number of hydrogen-bond acceptors (Lipinski definition) is 2. The summed E-state index contributed by atoms with van der Waals surface area (Å²) < 4.78 is 0. The van der Waals surface area contributed by atoms with Crippen molar-refractivity contribution in [3.63, 3.8) is 0 Å². The smallest absolute Gasteiger partial charge is 0.180 e. The SMILES string of the molecule is c1ccc(CN2O[C@@H]2c2ccccc2)cc1. The van der Waals surface area contributed by atoms with Crippen LogP contribution >= 0.6 is 0 Å². The van der Waals surface area contributed by atoms with Crippen LogP contribution in [0.5, 0.6) is 0 Å². The van der Waals surface area contributed by atoms with Crippen molar-refractivity contribution in [3.8, 4) is 0 Å². The standard InChI is InChI=1S/C14H13NO/c1-3-7-12(8-4-1)11-15-14(16-15)13-9-5-2-6-10-13/h1-10,14H,11H2/t14-,15?/m1/s1. The first-order chi connectivity index (χ1) is 7.93. The second-order valence-corrected chi connectivity index (χ2v) is 3.93. The van der Waals surface area contributed by atoms with Crippen LogP contribution in [0.2, 0.25) is 0 Å². The van der Waals surface area contributed by atoms with Crippen LogP contribution in [0.3, 0.4) is 0 Å². The van der Waals surface area contributed by atoms with E-state index in [1.807, 2.05) is 29.3 Å². The highest BCUT2D eigenvalue weighted by molar-refractivity contribution is 5.20. The van der Waals surface area contributed by atoms with Gasteiger partial charge in [0, 0.05) is 0 Å². The largest absolute Gasteiger partial charge is 0.270 e. The lowest BCUT2D eigenvalue weighted by Gasteiger charge is -1.98. The first-order valence-corrected chi connectivity index (χ1v) is 5.46. The third kappa shape index (κ3) is 1.98. The molecule has 0 aromatic heterocycles. The van der Waals surface area contributed by atoms with Gasteiger partial charge in [0.05, 0.1) is 6.54 Å². The maximum absolute atomic E-state index is 5.54. The predicted molar refractivity (Wildman–Crippen MR) is 62.3 cm³/mol. The maximum atomic E-state index is 5.54. The minimum absolute atomic E-state index is 0.140. The first-order valence-electron chi connectivity index (χ1n) is 5.46. The lowest BCUT2D eigenvalue weighted by Crippen LogP contribution is -1.97. The second kappa shape index (κ2) is 4.08. The second-order valence-electron chi connectivity index (χ2n) is 3.93. The molecular formula is C14H13NO. The molecule has 1 saturated heterocycles. The van der Waals surface area contributed by atoms with Crippen molar-refractivity contribution in [1.82, 2.24) is 5.06 Å². The summed E-state index contributed by atoms with van der Waals surface area (Å²) in [5, 5.41) is 1.99. The minimum atomic E-state index is 0.140. The van der Waals surface area contributed by atoms with Crippen molar-refractivity contribution in [2.75, 3.05) is 0 Å². The highest BCUT2D eigenvalue weighted by atomic mass is 16.8. The molecule has 0 radical (unpaired) electrons. The van der Waals surface area contributed by atoms with Gasteiger partial charge in [0.1, 0.15) is 0 Å². The summed E-state index contributed by atoms with van der Waals surface area (Å²) in [5.41, 5.74) is 2.50. The van der Waals surface area contributed by atoms with Crippen molar-refractivity contribution < 1.29 is 4.84 Å². The average molecular weight is 211 g/mol. The zero-order valence-electron chi connectivity index (χ0n) is 8.91. The zero-order valence-corrected chi connectivity index (χ0v) is 8.91. The Hall–Kier alpha value is -1.64. The van der Waals surface area contributed by atoms with Gasteiger partial charge in [-0.05, 0) is 11.1 Å². The van der Waals surface area contributed by atoms with Gasteiger partial charge in [-0.15, -0.1) is 5.06 Å². The lowest BCUT2D eigenvalue weighted by atomic mass is 10.2. The van der Waals surface area contributed by atoms with Gasteiger partial charge in [0.2, 0.25) is 0 Å². The summed E-state index contributed by atoms with van der Waals surface area (Å²) in [4.78, 5) is 5.54. The first kappa shape index (κ1) is 9.58. The number of hydrogen-bond donors (Lipinski definition) is 0. The van der Waals surface area contributed by atoms with Crippen LogP contribution in [0.15, 0.2) is 60.7 Å². The van der Waals surface area contributed by atoms with Gasteiger partial charge in [-0.1, -0.05) is 60.7 Å². The molecule has 80 valence electrons. The Balaban J connectivity index is 1.65. The molecule has 1 fully saturated rings. The van der Waals surface area contributed by atoms with Crippen LogP contribution in [0.4, 0.5) is 0 Å². The van der Waals surface area contributed by atoms with Gasteiger partial charge in [-0.3, -0.25) is 4.84 Å². The molecule has 2 nitrogen and oxygen atoms in total. The summed E-state index contributed by atoms with van der Waals surface area (Å²) in [5.74, 6) is 0. The normalized spacial score (nSPS) is 23.0. The zero-order chi connectivity index (χ0) is 10.8. The van der Waals surface area contributed by atoms with Gasteiger partial charge in [-0.2, -0.15) is 0 Å². The van der Waals surface area contributed by atoms with Crippen LogP contribution in [-0.4, -0.2) is 5.06 Å². The van der Waals surface area contributed by atoms with E-state index in [0.29, 0.717) is 0 Å². The molecule has 0 saturated carbocycles. The Labute approximate surface area is 95.0 Å². The van der Waals surface area contributed by atoms with Gasteiger partial charge in [0.25, 0.3) is 0 Å². The van der Waals surface area contributed by atoms with E-state index >= 15 is 0 Å². The lowest BCUT2D eigenvalue weighted by molar-refractivity contribution is 0.192. The van der Waals surface area contributed by atoms with Gasteiger partial charge >= 0.3 is 0 Å². The molecule has 0 bridgehead atoms. The van der Waals surface area contributed by atoms with Crippen LogP contribution in [-0.2, 0) is 11.4 Å². The fourth-order valence-corrected chi connectivity index (χ4v) is 1.83. The van der Waals surface area contributed by atoms with E-state index in [9.17, 15) is 0 Å². The quantitative estimate of drug-likeness (QED) is 0.725. The van der Waals surface area contributed by atoms with E-state index in [4.69, 9.17) is 4.84 Å². The summed E-state index contributed by atoms with van der Waals surface area (Å²) in [6.07, 6.45) is 0.140. The molecule has 2 heteroatoms. The number of rotatable bonds is 3. The summed E-state index contributed by atoms with van der Waals surface area (Å²) >= 11 is 0. The third-order valence-electron chi connectivity index (χ3n) is 2.72. The summed E-state index contributed by atoms with van der Waals surface area (Å²) in [7, 11) is 0. The van der Waals surface area contributed by atoms with E-state index in [-0.39, 0.29) is 6.23 Å². The third-order valence-corrected chi connectivity index (χ3v) is 2.72. The number of hydroxylamine groups is 2. The molecule has 2 atom stereocenters. The number of benzene rings is 2. The van der Waals surface area contributed by atoms with Crippen molar-refractivity contribution >= 4 is 0 Å². The molecule has 3 rings (SSSR count). The highest BCUT2D eigenvalue weighted by Crippen LogP contribution is 2.37. The van der Waals surface area contributed by atoms with Crippen molar-refractivity contribution in [1.29, 1.82) is 0 Å². The molecule has 0 amide bonds. The molecule has 1 aliphatic rings. The molecule has 0 spiro atoms. The molecule has 2 aromatic rings. The Morgan fingerprint density at radius 1 is 0.875 bits per heavy atom. The summed E-state index contributed by atoms with van der Waals surface area (Å²) in [6, 6.07) is 20.6. The van der Waals surface area contributed by atoms with Gasteiger partial charge < -0.3 is 0 Å². The molecular weight excluding hydrogens is 198 g/mol. The average Bonchev–Trinajstić information content (AvgIpc) is 3.11. The monoisotopic (exact) mass is 211 g/mol. The van der Waals surface area contributed by atoms with E-state index in [1.165, 1.54) is 11.1 Å². The van der Waals surface area contributed by atoms with Crippen molar-refractivity contribution in [2.45, 2.75) is 12.8 Å². The van der Waals surface area contributed by atoms with Crippen LogP contribution in [0.1, 0.15) is 17.4 Å². The van der Waals surface area contributed by atoms with Gasteiger partial charge in [-0.25, -0.2) is 0 Å². The van der Waals surface area contributed by atoms with Crippen molar-refractivity contribution in [3.05, 3.63) is 71.8 Å². The molecule has 16 heavy (non-hydrogen) atoms. The minimum Gasteiger partial charge on any atom is -0.270 e. The van der Waals surface area contributed by atoms with Crippen LogP contribution < -0.4 is 0 Å². The molecule has 2 aromatic carbocycles. The van der Waals surface area contributed by atoms with Crippen LogP contribution in [0, 0.1) is 0 Å². The molecule has 1 heterocycles. The maximum Gasteiger partial charge on any atom is 0.180 e. The van der Waals surface area contributed by atoms with Crippen molar-refractivity contribution in [2.24, 2.45) is 0 Å². The summed E-state index contributed by atoms with van der Waals surface area (Å²) in [6.45, 7) is 0.848. The van der Waals surface area contributed by atoms with E-state index < -0.39 is 0 Å². The van der Waals surface area contributed by atoms with Gasteiger partial charge in [0.15, 0.2) is 6.23 Å². The van der Waals surface area contributed by atoms with E-state index in [1.54, 1.807) is 0 Å². The highest BCUT2D eigenvalue weighted by Gasteiger charge is 2.37. The van der Waals surface area contributed by atoms with Crippen LogP contribution in [0.25, 0.3) is 0 Å². The topological polar surface area (TPSA) is 15.5 Å². The Morgan fingerprint density at radius 2 is 1.50 bits per heavy atom. The Bertz CT molecular complexity index is 455.